The fraction of sp³-hybridized carbons (Fsp3) is 0.381. The van der Waals surface area contributed by atoms with Crippen molar-refractivity contribution in [2.75, 3.05) is 14.2 Å². The standard InChI is InChI=1S/C21H25FO5/c1-20(2,16-11-15(22)9-10-18(16)27-4)13-21(25,19(23)24)12-14-7-5-6-8-17(14)26-3/h5-11,25H,12-13H2,1-4H3,(H,23,24). The van der Waals surface area contributed by atoms with Crippen LogP contribution in [-0.4, -0.2) is 36.0 Å². The third kappa shape index (κ3) is 4.57. The van der Waals surface area contributed by atoms with Crippen molar-refractivity contribution in [3.05, 3.63) is 59.4 Å². The molecular formula is C21H25FO5. The Morgan fingerprint density at radius 1 is 1.07 bits per heavy atom. The number of benzene rings is 2. The lowest BCUT2D eigenvalue weighted by molar-refractivity contribution is -0.160. The summed E-state index contributed by atoms with van der Waals surface area (Å²) in [5, 5.41) is 20.8. The Labute approximate surface area is 158 Å². The Morgan fingerprint density at radius 3 is 2.30 bits per heavy atom. The Bertz CT molecular complexity index is 818. The average molecular weight is 376 g/mol. The number of methoxy groups -OCH3 is 2. The molecule has 6 heteroatoms. The predicted octanol–water partition coefficient (Wildman–Crippen LogP) is 3.57. The van der Waals surface area contributed by atoms with Gasteiger partial charge in [-0.15, -0.1) is 0 Å². The van der Waals surface area contributed by atoms with Crippen LogP contribution in [0.3, 0.4) is 0 Å². The van der Waals surface area contributed by atoms with E-state index in [0.717, 1.165) is 0 Å². The normalized spacial score (nSPS) is 13.7. The number of para-hydroxylation sites is 1. The zero-order valence-electron chi connectivity index (χ0n) is 16.0. The number of hydrogen-bond donors (Lipinski definition) is 2. The SMILES string of the molecule is COc1ccccc1CC(O)(CC(C)(C)c1cc(F)ccc1OC)C(=O)O. The quantitative estimate of drug-likeness (QED) is 0.737. The van der Waals surface area contributed by atoms with Gasteiger partial charge >= 0.3 is 5.97 Å². The molecule has 0 radical (unpaired) electrons. The minimum absolute atomic E-state index is 0.145. The highest BCUT2D eigenvalue weighted by atomic mass is 19.1. The zero-order chi connectivity index (χ0) is 20.2. The summed E-state index contributed by atoms with van der Waals surface area (Å²) < 4.78 is 24.4. The number of hydrogen-bond acceptors (Lipinski definition) is 4. The van der Waals surface area contributed by atoms with Gasteiger partial charge in [0, 0.05) is 12.0 Å². The number of carbonyl (C=O) groups is 1. The lowest BCUT2D eigenvalue weighted by Gasteiger charge is -2.35. The summed E-state index contributed by atoms with van der Waals surface area (Å²) in [6, 6.07) is 11.0. The molecule has 1 atom stereocenters. The molecule has 2 aromatic rings. The monoisotopic (exact) mass is 376 g/mol. The van der Waals surface area contributed by atoms with Gasteiger partial charge in [-0.25, -0.2) is 9.18 Å². The van der Waals surface area contributed by atoms with Crippen molar-refractivity contribution in [1.82, 2.24) is 0 Å². The van der Waals surface area contributed by atoms with Gasteiger partial charge in [-0.1, -0.05) is 32.0 Å². The summed E-state index contributed by atoms with van der Waals surface area (Å²) in [4.78, 5) is 12.0. The fourth-order valence-corrected chi connectivity index (χ4v) is 3.41. The second kappa shape index (κ2) is 7.96. The molecule has 0 saturated carbocycles. The van der Waals surface area contributed by atoms with E-state index in [4.69, 9.17) is 9.47 Å². The molecule has 0 fully saturated rings. The zero-order valence-corrected chi connectivity index (χ0v) is 16.0. The van der Waals surface area contributed by atoms with Gasteiger partial charge in [-0.3, -0.25) is 0 Å². The molecule has 0 aliphatic carbocycles. The van der Waals surface area contributed by atoms with Crippen LogP contribution < -0.4 is 9.47 Å². The van der Waals surface area contributed by atoms with Crippen molar-refractivity contribution in [3.63, 3.8) is 0 Å². The van der Waals surface area contributed by atoms with Gasteiger partial charge in [-0.2, -0.15) is 0 Å². The fourth-order valence-electron chi connectivity index (χ4n) is 3.41. The summed E-state index contributed by atoms with van der Waals surface area (Å²) in [7, 11) is 2.95. The van der Waals surface area contributed by atoms with E-state index in [0.29, 0.717) is 22.6 Å². The molecule has 27 heavy (non-hydrogen) atoms. The Hall–Kier alpha value is -2.60. The maximum absolute atomic E-state index is 13.8. The highest BCUT2D eigenvalue weighted by Gasteiger charge is 2.43. The Morgan fingerprint density at radius 2 is 1.70 bits per heavy atom. The molecule has 0 aliphatic heterocycles. The van der Waals surface area contributed by atoms with E-state index in [1.807, 2.05) is 0 Å². The van der Waals surface area contributed by atoms with Crippen LogP contribution >= 0.6 is 0 Å². The molecule has 2 N–H and O–H groups in total. The summed E-state index contributed by atoms with van der Waals surface area (Å²) >= 11 is 0. The first-order valence-electron chi connectivity index (χ1n) is 8.54. The molecule has 2 aromatic carbocycles. The lowest BCUT2D eigenvalue weighted by Crippen LogP contribution is -2.45. The van der Waals surface area contributed by atoms with E-state index < -0.39 is 22.8 Å². The molecule has 0 spiro atoms. The van der Waals surface area contributed by atoms with Crippen LogP contribution in [0.15, 0.2) is 42.5 Å². The summed E-state index contributed by atoms with van der Waals surface area (Å²) in [5.41, 5.74) is -1.88. The number of rotatable bonds is 8. The van der Waals surface area contributed by atoms with Crippen LogP contribution in [0.1, 0.15) is 31.4 Å². The van der Waals surface area contributed by atoms with Crippen LogP contribution in [-0.2, 0) is 16.6 Å². The predicted molar refractivity (Wildman–Crippen MR) is 99.9 cm³/mol. The number of aliphatic hydroxyl groups is 1. The number of carboxylic acid groups (broad SMARTS) is 1. The second-order valence-electron chi connectivity index (χ2n) is 7.23. The minimum Gasteiger partial charge on any atom is -0.496 e. The molecular weight excluding hydrogens is 351 g/mol. The van der Waals surface area contributed by atoms with Crippen molar-refractivity contribution in [2.45, 2.75) is 37.7 Å². The minimum atomic E-state index is -2.07. The number of halogens is 1. The van der Waals surface area contributed by atoms with E-state index >= 15 is 0 Å². The molecule has 0 aliphatic rings. The first-order chi connectivity index (χ1) is 12.6. The second-order valence-corrected chi connectivity index (χ2v) is 7.23. The van der Waals surface area contributed by atoms with Gasteiger partial charge in [0.15, 0.2) is 5.60 Å². The van der Waals surface area contributed by atoms with Gasteiger partial charge in [0.25, 0.3) is 0 Å². The smallest absolute Gasteiger partial charge is 0.336 e. The van der Waals surface area contributed by atoms with Crippen molar-refractivity contribution in [2.24, 2.45) is 0 Å². The van der Waals surface area contributed by atoms with Gasteiger partial charge in [0.2, 0.25) is 0 Å². The lowest BCUT2D eigenvalue weighted by atomic mass is 9.73. The van der Waals surface area contributed by atoms with Crippen molar-refractivity contribution >= 4 is 5.97 Å². The van der Waals surface area contributed by atoms with Crippen molar-refractivity contribution < 1.29 is 28.9 Å². The molecule has 0 amide bonds. The number of carboxylic acids is 1. The van der Waals surface area contributed by atoms with Crippen LogP contribution in [0.2, 0.25) is 0 Å². The highest BCUT2D eigenvalue weighted by molar-refractivity contribution is 5.78. The van der Waals surface area contributed by atoms with Crippen LogP contribution in [0.25, 0.3) is 0 Å². The Kier molecular flexibility index (Phi) is 6.11. The Balaban J connectivity index is 2.42. The van der Waals surface area contributed by atoms with Gasteiger partial charge < -0.3 is 19.7 Å². The van der Waals surface area contributed by atoms with E-state index in [2.05, 4.69) is 0 Å². The molecule has 0 bridgehead atoms. The van der Waals surface area contributed by atoms with E-state index in [1.54, 1.807) is 38.1 Å². The molecule has 146 valence electrons. The van der Waals surface area contributed by atoms with Gasteiger partial charge in [0.1, 0.15) is 17.3 Å². The largest absolute Gasteiger partial charge is 0.496 e. The number of ether oxygens (including phenoxy) is 2. The van der Waals surface area contributed by atoms with Crippen molar-refractivity contribution in [3.8, 4) is 11.5 Å². The maximum atomic E-state index is 13.8. The summed E-state index contributed by atoms with van der Waals surface area (Å²) in [6.45, 7) is 3.50. The molecule has 0 saturated heterocycles. The van der Waals surface area contributed by atoms with Gasteiger partial charge in [-0.05, 0) is 41.7 Å². The number of aliphatic carboxylic acids is 1. The van der Waals surface area contributed by atoms with E-state index in [-0.39, 0.29) is 12.8 Å². The van der Waals surface area contributed by atoms with E-state index in [9.17, 15) is 19.4 Å². The average Bonchev–Trinajstić information content (AvgIpc) is 2.61. The third-order valence-electron chi connectivity index (χ3n) is 4.70. The van der Waals surface area contributed by atoms with Crippen LogP contribution in [0, 0.1) is 5.82 Å². The topological polar surface area (TPSA) is 76.0 Å². The first kappa shape index (κ1) is 20.7. The molecule has 2 rings (SSSR count). The third-order valence-corrected chi connectivity index (χ3v) is 4.70. The maximum Gasteiger partial charge on any atom is 0.336 e. The molecule has 5 nitrogen and oxygen atoms in total. The molecule has 0 aromatic heterocycles. The van der Waals surface area contributed by atoms with E-state index in [1.165, 1.54) is 32.4 Å². The van der Waals surface area contributed by atoms with Crippen LogP contribution in [0.4, 0.5) is 4.39 Å². The van der Waals surface area contributed by atoms with Crippen molar-refractivity contribution in [1.29, 1.82) is 0 Å². The summed E-state index contributed by atoms with van der Waals surface area (Å²) in [6.07, 6.45) is -0.291. The highest BCUT2D eigenvalue weighted by Crippen LogP contribution is 2.39. The molecule has 0 heterocycles. The summed E-state index contributed by atoms with van der Waals surface area (Å²) in [5.74, 6) is -0.871. The molecule has 1 unspecified atom stereocenters. The van der Waals surface area contributed by atoms with Gasteiger partial charge in [0.05, 0.1) is 14.2 Å². The van der Waals surface area contributed by atoms with Crippen LogP contribution in [0.5, 0.6) is 11.5 Å². The first-order valence-corrected chi connectivity index (χ1v) is 8.54.